The third-order valence-electron chi connectivity index (χ3n) is 3.53. The lowest BCUT2D eigenvalue weighted by Gasteiger charge is -2.25. The molecule has 0 saturated carbocycles. The molecule has 22 heavy (non-hydrogen) atoms. The maximum absolute atomic E-state index is 12.3. The fourth-order valence-electron chi connectivity index (χ4n) is 2.19. The molecule has 1 amide bonds. The Labute approximate surface area is 132 Å². The highest BCUT2D eigenvalue weighted by Gasteiger charge is 2.28. The molecule has 0 aliphatic carbocycles. The number of nitrogens with one attached hydrogen (secondary N) is 1. The number of hydrogen-bond donors (Lipinski definition) is 1. The number of ether oxygens (including phenoxy) is 2. The summed E-state index contributed by atoms with van der Waals surface area (Å²) in [5.74, 6) is 0.868. The first-order valence-electron chi connectivity index (χ1n) is 6.79. The second-order valence-electron chi connectivity index (χ2n) is 4.95. The van der Waals surface area contributed by atoms with E-state index in [1.54, 1.807) is 12.1 Å². The standard InChI is InChI=1S/C16H14N2O3S/c1-9-10(2)22-16(11(9)7-17)18-15(19)14-8-20-12-5-3-4-6-13(12)21-14/h3-6,14H,8H2,1-2H3,(H,18,19)/t14-/m1/s1. The van der Waals surface area contributed by atoms with Gasteiger partial charge in [-0.25, -0.2) is 0 Å². The van der Waals surface area contributed by atoms with Gasteiger partial charge in [0, 0.05) is 4.88 Å². The molecule has 0 fully saturated rings. The quantitative estimate of drug-likeness (QED) is 0.925. The van der Waals surface area contributed by atoms with E-state index in [2.05, 4.69) is 11.4 Å². The molecule has 0 spiro atoms. The van der Waals surface area contributed by atoms with Gasteiger partial charge in [-0.1, -0.05) is 12.1 Å². The van der Waals surface area contributed by atoms with Crippen LogP contribution in [0.4, 0.5) is 5.00 Å². The largest absolute Gasteiger partial charge is 0.485 e. The normalized spacial score (nSPS) is 16.0. The van der Waals surface area contributed by atoms with E-state index in [0.717, 1.165) is 10.4 Å². The molecule has 1 aromatic carbocycles. The van der Waals surface area contributed by atoms with Crippen LogP contribution < -0.4 is 14.8 Å². The monoisotopic (exact) mass is 314 g/mol. The van der Waals surface area contributed by atoms with Gasteiger partial charge < -0.3 is 14.8 Å². The van der Waals surface area contributed by atoms with Crippen molar-refractivity contribution in [3.8, 4) is 17.6 Å². The van der Waals surface area contributed by atoms with E-state index < -0.39 is 6.10 Å². The van der Waals surface area contributed by atoms with Crippen LogP contribution in [0.15, 0.2) is 24.3 Å². The molecule has 1 N–H and O–H groups in total. The summed E-state index contributed by atoms with van der Waals surface area (Å²) in [6, 6.07) is 9.35. The van der Waals surface area contributed by atoms with E-state index in [1.165, 1.54) is 11.3 Å². The summed E-state index contributed by atoms with van der Waals surface area (Å²) in [7, 11) is 0. The third kappa shape index (κ3) is 2.51. The van der Waals surface area contributed by atoms with E-state index in [4.69, 9.17) is 9.47 Å². The van der Waals surface area contributed by atoms with Gasteiger partial charge in [0.2, 0.25) is 6.10 Å². The van der Waals surface area contributed by atoms with Gasteiger partial charge in [-0.15, -0.1) is 11.3 Å². The highest BCUT2D eigenvalue weighted by Crippen LogP contribution is 2.33. The molecule has 1 aromatic heterocycles. The number of carbonyl (C=O) groups excluding carboxylic acids is 1. The summed E-state index contributed by atoms with van der Waals surface area (Å²) in [4.78, 5) is 13.4. The summed E-state index contributed by atoms with van der Waals surface area (Å²) >= 11 is 1.39. The van der Waals surface area contributed by atoms with Crippen molar-refractivity contribution in [3.63, 3.8) is 0 Å². The topological polar surface area (TPSA) is 71.3 Å². The van der Waals surface area contributed by atoms with Gasteiger partial charge in [0.05, 0.1) is 5.56 Å². The number of fused-ring (bicyclic) bond motifs is 1. The highest BCUT2D eigenvalue weighted by molar-refractivity contribution is 7.16. The number of hydrogen-bond acceptors (Lipinski definition) is 5. The van der Waals surface area contributed by atoms with Crippen LogP contribution in [-0.4, -0.2) is 18.6 Å². The number of nitriles is 1. The van der Waals surface area contributed by atoms with E-state index in [0.29, 0.717) is 22.1 Å². The Bertz CT molecular complexity index is 776. The van der Waals surface area contributed by atoms with E-state index >= 15 is 0 Å². The Hall–Kier alpha value is -2.52. The lowest BCUT2D eigenvalue weighted by molar-refractivity contribution is -0.125. The molecule has 5 nitrogen and oxygen atoms in total. The molecule has 0 bridgehead atoms. The van der Waals surface area contributed by atoms with Gasteiger partial charge in [0.15, 0.2) is 11.5 Å². The Morgan fingerprint density at radius 1 is 1.36 bits per heavy atom. The average Bonchev–Trinajstić information content (AvgIpc) is 2.80. The van der Waals surface area contributed by atoms with Gasteiger partial charge in [0.1, 0.15) is 17.7 Å². The minimum absolute atomic E-state index is 0.147. The molecule has 6 heteroatoms. The number of carbonyl (C=O) groups is 1. The minimum atomic E-state index is -0.732. The van der Waals surface area contributed by atoms with Crippen molar-refractivity contribution in [1.29, 1.82) is 5.26 Å². The van der Waals surface area contributed by atoms with Gasteiger partial charge >= 0.3 is 0 Å². The van der Waals surface area contributed by atoms with Crippen LogP contribution in [0.5, 0.6) is 11.5 Å². The number of anilines is 1. The first-order chi connectivity index (χ1) is 10.6. The average molecular weight is 314 g/mol. The Morgan fingerprint density at radius 3 is 2.82 bits per heavy atom. The molecule has 2 heterocycles. The van der Waals surface area contributed by atoms with Gasteiger partial charge in [-0.2, -0.15) is 5.26 Å². The Balaban J connectivity index is 1.77. The van der Waals surface area contributed by atoms with E-state index in [-0.39, 0.29) is 12.5 Å². The third-order valence-corrected chi connectivity index (χ3v) is 4.66. The predicted molar refractivity (Wildman–Crippen MR) is 83.5 cm³/mol. The first kappa shape index (κ1) is 14.4. The molecule has 0 radical (unpaired) electrons. The number of para-hydroxylation sites is 2. The maximum Gasteiger partial charge on any atom is 0.269 e. The minimum Gasteiger partial charge on any atom is -0.485 e. The zero-order valence-corrected chi connectivity index (χ0v) is 13.0. The fourth-order valence-corrected chi connectivity index (χ4v) is 3.20. The number of thiophene rings is 1. The number of aryl methyl sites for hydroxylation is 1. The molecule has 1 aliphatic heterocycles. The lowest BCUT2D eigenvalue weighted by Crippen LogP contribution is -2.40. The molecule has 112 valence electrons. The molecular formula is C16H14N2O3S. The zero-order valence-electron chi connectivity index (χ0n) is 12.2. The van der Waals surface area contributed by atoms with Crippen LogP contribution in [-0.2, 0) is 4.79 Å². The number of nitrogens with zero attached hydrogens (tertiary/aromatic N) is 1. The van der Waals surface area contributed by atoms with Gasteiger partial charge in [-0.3, -0.25) is 4.79 Å². The summed E-state index contributed by atoms with van der Waals surface area (Å²) < 4.78 is 11.2. The lowest BCUT2D eigenvalue weighted by atomic mass is 10.2. The van der Waals surface area contributed by atoms with E-state index in [9.17, 15) is 10.1 Å². The van der Waals surface area contributed by atoms with Crippen molar-refractivity contribution in [3.05, 3.63) is 40.3 Å². The Kier molecular flexibility index (Phi) is 3.73. The maximum atomic E-state index is 12.3. The van der Waals surface area contributed by atoms with Crippen LogP contribution in [0.2, 0.25) is 0 Å². The van der Waals surface area contributed by atoms with Crippen molar-refractivity contribution in [2.75, 3.05) is 11.9 Å². The smallest absolute Gasteiger partial charge is 0.269 e. The molecule has 1 atom stereocenters. The van der Waals surface area contributed by atoms with Gasteiger partial charge in [0.25, 0.3) is 5.91 Å². The molecule has 1 aliphatic rings. The van der Waals surface area contributed by atoms with Gasteiger partial charge in [-0.05, 0) is 31.5 Å². The van der Waals surface area contributed by atoms with Crippen LogP contribution in [0.25, 0.3) is 0 Å². The van der Waals surface area contributed by atoms with Crippen molar-refractivity contribution in [1.82, 2.24) is 0 Å². The van der Waals surface area contributed by atoms with Crippen LogP contribution >= 0.6 is 11.3 Å². The number of rotatable bonds is 2. The highest BCUT2D eigenvalue weighted by atomic mass is 32.1. The zero-order chi connectivity index (χ0) is 15.7. The summed E-state index contributed by atoms with van der Waals surface area (Å²) in [6.45, 7) is 3.94. The molecule has 3 rings (SSSR count). The van der Waals surface area contributed by atoms with Crippen molar-refractivity contribution >= 4 is 22.2 Å². The van der Waals surface area contributed by atoms with Crippen LogP contribution in [0.3, 0.4) is 0 Å². The second-order valence-corrected chi connectivity index (χ2v) is 6.18. The first-order valence-corrected chi connectivity index (χ1v) is 7.61. The summed E-state index contributed by atoms with van der Waals surface area (Å²) in [6.07, 6.45) is -0.732. The van der Waals surface area contributed by atoms with Crippen molar-refractivity contribution in [2.45, 2.75) is 20.0 Å². The van der Waals surface area contributed by atoms with E-state index in [1.807, 2.05) is 26.0 Å². The van der Waals surface area contributed by atoms with Crippen LogP contribution in [0, 0.1) is 25.2 Å². The summed E-state index contributed by atoms with van der Waals surface area (Å²) in [5.41, 5.74) is 1.40. The van der Waals surface area contributed by atoms with Crippen molar-refractivity contribution in [2.24, 2.45) is 0 Å². The Morgan fingerprint density at radius 2 is 2.09 bits per heavy atom. The molecule has 2 aromatic rings. The van der Waals surface area contributed by atoms with Crippen LogP contribution in [0.1, 0.15) is 16.0 Å². The number of benzene rings is 1. The molecule has 0 unspecified atom stereocenters. The molecular weight excluding hydrogens is 300 g/mol. The summed E-state index contributed by atoms with van der Waals surface area (Å²) in [5, 5.41) is 12.6. The second kappa shape index (κ2) is 5.70. The van der Waals surface area contributed by atoms with Crippen molar-refractivity contribution < 1.29 is 14.3 Å². The fraction of sp³-hybridized carbons (Fsp3) is 0.250. The predicted octanol–water partition coefficient (Wildman–Crippen LogP) is 3.02. The molecule has 0 saturated heterocycles. The SMILES string of the molecule is Cc1sc(NC(=O)[C@H]2COc3ccccc3O2)c(C#N)c1C. The number of amides is 1.